The molecule has 2 amide bonds. The van der Waals surface area contributed by atoms with E-state index in [9.17, 15) is 9.59 Å². The smallest absolute Gasteiger partial charge is 0.265 e. The largest absolute Gasteiger partial charge is 0.396 e. The van der Waals surface area contributed by atoms with Crippen molar-refractivity contribution in [1.29, 1.82) is 0 Å². The van der Waals surface area contributed by atoms with Crippen molar-refractivity contribution in [3.63, 3.8) is 0 Å². The zero-order valence-electron chi connectivity index (χ0n) is 12.9. The highest BCUT2D eigenvalue weighted by Gasteiger charge is 2.12. The van der Waals surface area contributed by atoms with Crippen molar-refractivity contribution in [2.45, 2.75) is 25.8 Å². The Labute approximate surface area is 139 Å². The standard InChI is InChI=1S/C17H20N2O3S/c1-2-13(9-10-20)18-16(21)12-5-7-14(8-6-12)19-17(22)15-4-3-11-23-15/h3-8,11,13,20H,2,9-10H2,1H3,(H,18,21)(H,19,22). The molecule has 0 aliphatic heterocycles. The van der Waals surface area contributed by atoms with Gasteiger partial charge in [0.2, 0.25) is 0 Å². The van der Waals surface area contributed by atoms with E-state index in [1.165, 1.54) is 11.3 Å². The highest BCUT2D eigenvalue weighted by molar-refractivity contribution is 7.12. The van der Waals surface area contributed by atoms with Crippen LogP contribution in [0.25, 0.3) is 0 Å². The van der Waals surface area contributed by atoms with Crippen molar-refractivity contribution in [3.05, 3.63) is 52.2 Å². The lowest BCUT2D eigenvalue weighted by molar-refractivity contribution is 0.0928. The average molecular weight is 332 g/mol. The van der Waals surface area contributed by atoms with Gasteiger partial charge in [-0.2, -0.15) is 0 Å². The molecule has 1 aromatic carbocycles. The summed E-state index contributed by atoms with van der Waals surface area (Å²) in [7, 11) is 0. The summed E-state index contributed by atoms with van der Waals surface area (Å²) in [5.74, 6) is -0.340. The van der Waals surface area contributed by atoms with Crippen molar-refractivity contribution >= 4 is 28.8 Å². The maximum atomic E-state index is 12.1. The van der Waals surface area contributed by atoms with Crippen LogP contribution in [0, 0.1) is 0 Å². The van der Waals surface area contributed by atoms with Gasteiger partial charge >= 0.3 is 0 Å². The number of thiophene rings is 1. The first-order valence-electron chi connectivity index (χ1n) is 7.50. The molecule has 2 rings (SSSR count). The van der Waals surface area contributed by atoms with Gasteiger partial charge in [-0.1, -0.05) is 13.0 Å². The molecular formula is C17H20N2O3S. The Balaban J connectivity index is 1.96. The second-order valence-electron chi connectivity index (χ2n) is 5.10. The number of nitrogens with one attached hydrogen (secondary N) is 2. The SMILES string of the molecule is CCC(CCO)NC(=O)c1ccc(NC(=O)c2cccs2)cc1. The number of aliphatic hydroxyl groups excluding tert-OH is 1. The Morgan fingerprint density at radius 2 is 1.91 bits per heavy atom. The first-order chi connectivity index (χ1) is 11.1. The summed E-state index contributed by atoms with van der Waals surface area (Å²) >= 11 is 1.38. The summed E-state index contributed by atoms with van der Waals surface area (Å²) in [5.41, 5.74) is 1.16. The highest BCUT2D eigenvalue weighted by Crippen LogP contribution is 2.14. The van der Waals surface area contributed by atoms with Crippen molar-refractivity contribution in [2.75, 3.05) is 11.9 Å². The number of aliphatic hydroxyl groups is 1. The summed E-state index contributed by atoms with van der Waals surface area (Å²) in [6.07, 6.45) is 1.30. The number of carbonyl (C=O) groups is 2. The molecule has 122 valence electrons. The van der Waals surface area contributed by atoms with Gasteiger partial charge in [0.25, 0.3) is 11.8 Å². The van der Waals surface area contributed by atoms with Crippen molar-refractivity contribution in [2.24, 2.45) is 0 Å². The van der Waals surface area contributed by atoms with Gasteiger partial charge in [-0.25, -0.2) is 0 Å². The van der Waals surface area contributed by atoms with Crippen molar-refractivity contribution < 1.29 is 14.7 Å². The number of hydrogen-bond donors (Lipinski definition) is 3. The van der Waals surface area contributed by atoms with Gasteiger partial charge in [0.1, 0.15) is 0 Å². The Kier molecular flexibility index (Phi) is 6.31. The summed E-state index contributed by atoms with van der Waals surface area (Å²) in [6, 6.07) is 10.3. The predicted molar refractivity (Wildman–Crippen MR) is 92.0 cm³/mol. The number of hydrogen-bond acceptors (Lipinski definition) is 4. The molecule has 0 saturated carbocycles. The number of amides is 2. The maximum Gasteiger partial charge on any atom is 0.265 e. The first kappa shape index (κ1) is 17.2. The van der Waals surface area contributed by atoms with Crippen LogP contribution in [0.3, 0.4) is 0 Å². The molecule has 0 fully saturated rings. The first-order valence-corrected chi connectivity index (χ1v) is 8.38. The number of benzene rings is 1. The summed E-state index contributed by atoms with van der Waals surface area (Å²) in [4.78, 5) is 24.7. The predicted octanol–water partition coefficient (Wildman–Crippen LogP) is 2.89. The maximum absolute atomic E-state index is 12.1. The van der Waals surface area contributed by atoms with Crippen LogP contribution in [0.5, 0.6) is 0 Å². The van der Waals surface area contributed by atoms with Gasteiger partial charge in [0.05, 0.1) is 4.88 Å². The monoisotopic (exact) mass is 332 g/mol. The van der Waals surface area contributed by atoms with Crippen LogP contribution in [0.1, 0.15) is 39.8 Å². The fraction of sp³-hybridized carbons (Fsp3) is 0.294. The number of carbonyl (C=O) groups excluding carboxylic acids is 2. The molecule has 0 aliphatic rings. The van der Waals surface area contributed by atoms with E-state index in [4.69, 9.17) is 5.11 Å². The molecule has 2 aromatic rings. The van der Waals surface area contributed by atoms with E-state index in [1.807, 2.05) is 18.4 Å². The fourth-order valence-corrected chi connectivity index (χ4v) is 2.73. The second-order valence-corrected chi connectivity index (χ2v) is 6.05. The Bertz CT molecular complexity index is 638. The van der Waals surface area contributed by atoms with Crippen LogP contribution in [-0.2, 0) is 0 Å². The van der Waals surface area contributed by atoms with E-state index in [2.05, 4.69) is 10.6 Å². The third-order valence-electron chi connectivity index (χ3n) is 3.46. The van der Waals surface area contributed by atoms with E-state index in [1.54, 1.807) is 30.3 Å². The number of rotatable bonds is 7. The van der Waals surface area contributed by atoms with Gasteiger partial charge in [-0.05, 0) is 48.6 Å². The zero-order chi connectivity index (χ0) is 16.7. The van der Waals surface area contributed by atoms with E-state index in [0.29, 0.717) is 22.5 Å². The van der Waals surface area contributed by atoms with Crippen LogP contribution in [0.15, 0.2) is 41.8 Å². The van der Waals surface area contributed by atoms with Gasteiger partial charge in [-0.15, -0.1) is 11.3 Å². The van der Waals surface area contributed by atoms with Crippen molar-refractivity contribution in [1.82, 2.24) is 5.32 Å². The van der Waals surface area contributed by atoms with E-state index >= 15 is 0 Å². The molecule has 23 heavy (non-hydrogen) atoms. The molecule has 0 bridgehead atoms. The molecule has 6 heteroatoms. The molecule has 0 saturated heterocycles. The summed E-state index contributed by atoms with van der Waals surface area (Å²) in [6.45, 7) is 2.01. The van der Waals surface area contributed by atoms with Gasteiger partial charge in [-0.3, -0.25) is 9.59 Å². The van der Waals surface area contributed by atoms with E-state index in [0.717, 1.165) is 6.42 Å². The molecular weight excluding hydrogens is 312 g/mol. The van der Waals surface area contributed by atoms with E-state index in [-0.39, 0.29) is 24.5 Å². The lowest BCUT2D eigenvalue weighted by Crippen LogP contribution is -2.35. The second kappa shape index (κ2) is 8.45. The molecule has 3 N–H and O–H groups in total. The van der Waals surface area contributed by atoms with Crippen LogP contribution < -0.4 is 10.6 Å². The molecule has 0 spiro atoms. The number of anilines is 1. The van der Waals surface area contributed by atoms with Crippen LogP contribution in [0.2, 0.25) is 0 Å². The molecule has 5 nitrogen and oxygen atoms in total. The molecule has 0 radical (unpaired) electrons. The quantitative estimate of drug-likeness (QED) is 0.729. The average Bonchev–Trinajstić information content (AvgIpc) is 3.09. The molecule has 1 atom stereocenters. The third-order valence-corrected chi connectivity index (χ3v) is 4.32. The molecule has 0 aliphatic carbocycles. The van der Waals surface area contributed by atoms with Gasteiger partial charge in [0.15, 0.2) is 0 Å². The molecule has 1 heterocycles. The Hall–Kier alpha value is -2.18. The lowest BCUT2D eigenvalue weighted by atomic mass is 10.1. The van der Waals surface area contributed by atoms with Gasteiger partial charge in [0, 0.05) is 23.9 Å². The normalized spacial score (nSPS) is 11.7. The minimum atomic E-state index is -0.179. The summed E-state index contributed by atoms with van der Waals surface area (Å²) in [5, 5.41) is 16.5. The molecule has 1 unspecified atom stereocenters. The molecule has 1 aromatic heterocycles. The third kappa shape index (κ3) is 4.91. The lowest BCUT2D eigenvalue weighted by Gasteiger charge is -2.15. The van der Waals surface area contributed by atoms with Gasteiger partial charge < -0.3 is 15.7 Å². The Morgan fingerprint density at radius 3 is 2.48 bits per heavy atom. The minimum absolute atomic E-state index is 0.0364. The fourth-order valence-electron chi connectivity index (χ4n) is 2.11. The zero-order valence-corrected chi connectivity index (χ0v) is 13.7. The highest BCUT2D eigenvalue weighted by atomic mass is 32.1. The van der Waals surface area contributed by atoms with E-state index < -0.39 is 0 Å². The Morgan fingerprint density at radius 1 is 1.17 bits per heavy atom. The van der Waals surface area contributed by atoms with Crippen molar-refractivity contribution in [3.8, 4) is 0 Å². The van der Waals surface area contributed by atoms with Crippen LogP contribution in [0.4, 0.5) is 5.69 Å². The van der Waals surface area contributed by atoms with Crippen LogP contribution >= 0.6 is 11.3 Å². The summed E-state index contributed by atoms with van der Waals surface area (Å²) < 4.78 is 0. The minimum Gasteiger partial charge on any atom is -0.396 e. The topological polar surface area (TPSA) is 78.4 Å². The van der Waals surface area contributed by atoms with Crippen LogP contribution in [-0.4, -0.2) is 29.6 Å².